The normalized spacial score (nSPS) is 10.6. The molecule has 24 heavy (non-hydrogen) atoms. The molecule has 0 radical (unpaired) electrons. The van der Waals surface area contributed by atoms with E-state index in [1.165, 1.54) is 11.8 Å². The van der Waals surface area contributed by atoms with Crippen LogP contribution in [0.15, 0.2) is 64.7 Å². The highest BCUT2D eigenvalue weighted by Crippen LogP contribution is 2.23. The number of benzene rings is 2. The van der Waals surface area contributed by atoms with Crippen molar-refractivity contribution in [1.29, 1.82) is 0 Å². The second kappa shape index (κ2) is 7.55. The van der Waals surface area contributed by atoms with Crippen LogP contribution in [0.1, 0.15) is 11.1 Å². The van der Waals surface area contributed by atoms with Gasteiger partial charge in [-0.1, -0.05) is 35.5 Å². The van der Waals surface area contributed by atoms with Crippen LogP contribution in [0.25, 0.3) is 0 Å². The number of hydrogen-bond acceptors (Lipinski definition) is 4. The molecule has 0 bridgehead atoms. The minimum absolute atomic E-state index is 0.101. The van der Waals surface area contributed by atoms with Crippen LogP contribution in [0.2, 0.25) is 5.02 Å². The first-order chi connectivity index (χ1) is 11.6. The first kappa shape index (κ1) is 16.6. The molecule has 6 heteroatoms. The number of thioether (sulfide) groups is 1. The zero-order valence-electron chi connectivity index (χ0n) is 13.0. The third-order valence-electron chi connectivity index (χ3n) is 3.41. The van der Waals surface area contributed by atoms with Gasteiger partial charge in [-0.05, 0) is 48.2 Å². The van der Waals surface area contributed by atoms with Crippen LogP contribution >= 0.6 is 23.4 Å². The summed E-state index contributed by atoms with van der Waals surface area (Å²) in [4.78, 5) is 19.0. The summed E-state index contributed by atoms with van der Waals surface area (Å²) in [7, 11) is 0. The standard InChI is InChI=1S/C18H15ClN2O2S/c1-24-18-20-11-13(17(22)21-18)10-12-2-6-15(7-3-12)23-16-8-4-14(19)5-9-16/h2-9,11H,10H2,1H3,(H,20,21,22). The van der Waals surface area contributed by atoms with Crippen molar-refractivity contribution in [2.24, 2.45) is 0 Å². The SMILES string of the molecule is CSc1ncc(Cc2ccc(Oc3ccc(Cl)cc3)cc2)c(=O)[nH]1. The van der Waals surface area contributed by atoms with Crippen molar-refractivity contribution >= 4 is 23.4 Å². The molecular formula is C18H15ClN2O2S. The van der Waals surface area contributed by atoms with Gasteiger partial charge >= 0.3 is 0 Å². The smallest absolute Gasteiger partial charge is 0.255 e. The maximum atomic E-state index is 12.0. The van der Waals surface area contributed by atoms with Crippen molar-refractivity contribution < 1.29 is 4.74 Å². The zero-order valence-corrected chi connectivity index (χ0v) is 14.5. The molecule has 1 heterocycles. The van der Waals surface area contributed by atoms with Gasteiger partial charge in [-0.25, -0.2) is 4.98 Å². The number of H-pyrrole nitrogens is 1. The van der Waals surface area contributed by atoms with E-state index in [-0.39, 0.29) is 5.56 Å². The third kappa shape index (κ3) is 4.19. The Morgan fingerprint density at radius 3 is 2.29 bits per heavy atom. The zero-order chi connectivity index (χ0) is 16.9. The maximum Gasteiger partial charge on any atom is 0.255 e. The van der Waals surface area contributed by atoms with E-state index in [0.29, 0.717) is 22.2 Å². The van der Waals surface area contributed by atoms with E-state index in [2.05, 4.69) is 9.97 Å². The number of ether oxygens (including phenoxy) is 1. The molecule has 0 aliphatic carbocycles. The van der Waals surface area contributed by atoms with E-state index >= 15 is 0 Å². The van der Waals surface area contributed by atoms with Crippen LogP contribution in [0, 0.1) is 0 Å². The number of nitrogens with one attached hydrogen (secondary N) is 1. The first-order valence-corrected chi connectivity index (χ1v) is 8.89. The van der Waals surface area contributed by atoms with E-state index in [1.807, 2.05) is 42.7 Å². The highest BCUT2D eigenvalue weighted by Gasteiger charge is 2.05. The van der Waals surface area contributed by atoms with Gasteiger partial charge in [0, 0.05) is 23.2 Å². The number of hydrogen-bond donors (Lipinski definition) is 1. The Bertz CT molecular complexity index is 877. The van der Waals surface area contributed by atoms with Crippen molar-refractivity contribution in [2.75, 3.05) is 6.26 Å². The third-order valence-corrected chi connectivity index (χ3v) is 4.26. The molecule has 1 N–H and O–H groups in total. The summed E-state index contributed by atoms with van der Waals surface area (Å²) >= 11 is 7.26. The monoisotopic (exact) mass is 358 g/mol. The highest BCUT2D eigenvalue weighted by molar-refractivity contribution is 7.98. The molecule has 2 aromatic carbocycles. The van der Waals surface area contributed by atoms with Gasteiger partial charge < -0.3 is 9.72 Å². The summed E-state index contributed by atoms with van der Waals surface area (Å²) in [6, 6.07) is 14.8. The fourth-order valence-electron chi connectivity index (χ4n) is 2.17. The molecule has 0 fully saturated rings. The van der Waals surface area contributed by atoms with Gasteiger partial charge in [-0.3, -0.25) is 4.79 Å². The van der Waals surface area contributed by atoms with E-state index < -0.39 is 0 Å². The Morgan fingerprint density at radius 2 is 1.71 bits per heavy atom. The van der Waals surface area contributed by atoms with Crippen molar-refractivity contribution in [3.63, 3.8) is 0 Å². The van der Waals surface area contributed by atoms with Crippen LogP contribution in [0.4, 0.5) is 0 Å². The molecule has 3 rings (SSSR count). The Labute approximate surface area is 148 Å². The summed E-state index contributed by atoms with van der Waals surface area (Å²) in [5.41, 5.74) is 1.55. The summed E-state index contributed by atoms with van der Waals surface area (Å²) in [6.07, 6.45) is 4.03. The second-order valence-corrected chi connectivity index (χ2v) is 6.35. The number of halogens is 1. The molecule has 0 spiro atoms. The maximum absolute atomic E-state index is 12.0. The summed E-state index contributed by atoms with van der Waals surface area (Å²) in [5, 5.41) is 1.29. The lowest BCUT2D eigenvalue weighted by Crippen LogP contribution is -2.14. The van der Waals surface area contributed by atoms with Crippen LogP contribution in [0.5, 0.6) is 11.5 Å². The lowest BCUT2D eigenvalue weighted by atomic mass is 10.1. The van der Waals surface area contributed by atoms with E-state index in [4.69, 9.17) is 16.3 Å². The first-order valence-electron chi connectivity index (χ1n) is 7.28. The highest BCUT2D eigenvalue weighted by atomic mass is 35.5. The van der Waals surface area contributed by atoms with Crippen LogP contribution in [0.3, 0.4) is 0 Å². The fraction of sp³-hybridized carbons (Fsp3) is 0.111. The topological polar surface area (TPSA) is 55.0 Å². The average molecular weight is 359 g/mol. The molecule has 0 amide bonds. The van der Waals surface area contributed by atoms with Crippen LogP contribution in [-0.2, 0) is 6.42 Å². The number of aromatic amines is 1. The predicted octanol–water partition coefficient (Wildman–Crippen LogP) is 4.53. The minimum atomic E-state index is -0.101. The van der Waals surface area contributed by atoms with Gasteiger partial charge in [-0.15, -0.1) is 0 Å². The lowest BCUT2D eigenvalue weighted by Gasteiger charge is -2.07. The molecule has 0 unspecified atom stereocenters. The van der Waals surface area contributed by atoms with Crippen LogP contribution in [-0.4, -0.2) is 16.2 Å². The Kier molecular flexibility index (Phi) is 5.23. The molecule has 3 aromatic rings. The van der Waals surface area contributed by atoms with Crippen LogP contribution < -0.4 is 10.3 Å². The van der Waals surface area contributed by atoms with E-state index in [9.17, 15) is 4.79 Å². The largest absolute Gasteiger partial charge is 0.457 e. The quantitative estimate of drug-likeness (QED) is 0.538. The van der Waals surface area contributed by atoms with Crippen molar-refractivity contribution in [3.8, 4) is 11.5 Å². The minimum Gasteiger partial charge on any atom is -0.457 e. The molecule has 0 atom stereocenters. The van der Waals surface area contributed by atoms with Gasteiger partial charge in [0.05, 0.1) is 0 Å². The van der Waals surface area contributed by atoms with Crippen molar-refractivity contribution in [3.05, 3.63) is 81.2 Å². The molecular weight excluding hydrogens is 344 g/mol. The molecule has 0 saturated heterocycles. The Morgan fingerprint density at radius 1 is 1.08 bits per heavy atom. The van der Waals surface area contributed by atoms with Gasteiger partial charge in [0.1, 0.15) is 11.5 Å². The van der Waals surface area contributed by atoms with E-state index in [0.717, 1.165) is 17.1 Å². The molecule has 0 saturated carbocycles. The Hall–Kier alpha value is -2.24. The van der Waals surface area contributed by atoms with Crippen molar-refractivity contribution in [1.82, 2.24) is 9.97 Å². The predicted molar refractivity (Wildman–Crippen MR) is 97.4 cm³/mol. The fourth-order valence-corrected chi connectivity index (χ4v) is 2.65. The summed E-state index contributed by atoms with van der Waals surface area (Å²) in [6.45, 7) is 0. The molecule has 122 valence electrons. The van der Waals surface area contributed by atoms with Gasteiger partial charge in [-0.2, -0.15) is 0 Å². The second-order valence-electron chi connectivity index (χ2n) is 5.12. The summed E-state index contributed by atoms with van der Waals surface area (Å²) < 4.78 is 5.75. The molecule has 0 aliphatic rings. The number of nitrogens with zero attached hydrogens (tertiary/aromatic N) is 1. The molecule has 0 aliphatic heterocycles. The Balaban J connectivity index is 1.70. The van der Waals surface area contributed by atoms with Gasteiger partial charge in [0.15, 0.2) is 5.16 Å². The van der Waals surface area contributed by atoms with E-state index in [1.54, 1.807) is 18.3 Å². The molecule has 4 nitrogen and oxygen atoms in total. The van der Waals surface area contributed by atoms with Gasteiger partial charge in [0.25, 0.3) is 5.56 Å². The van der Waals surface area contributed by atoms with Crippen molar-refractivity contribution in [2.45, 2.75) is 11.6 Å². The van der Waals surface area contributed by atoms with Gasteiger partial charge in [0.2, 0.25) is 0 Å². The molecule has 1 aromatic heterocycles. The average Bonchev–Trinajstić information content (AvgIpc) is 2.60. The lowest BCUT2D eigenvalue weighted by molar-refractivity contribution is 0.482. The number of rotatable bonds is 5. The summed E-state index contributed by atoms with van der Waals surface area (Å²) in [5.74, 6) is 1.45. The number of aromatic nitrogens is 2.